The van der Waals surface area contributed by atoms with Crippen LogP contribution < -0.4 is 15.1 Å². The fourth-order valence-electron chi connectivity index (χ4n) is 4.23. The summed E-state index contributed by atoms with van der Waals surface area (Å²) in [5.41, 5.74) is 0.947. The molecule has 0 aliphatic carbocycles. The van der Waals surface area contributed by atoms with Crippen molar-refractivity contribution in [3.8, 4) is 6.07 Å². The summed E-state index contributed by atoms with van der Waals surface area (Å²) in [6.07, 6.45) is -1.01. The fourth-order valence-corrected chi connectivity index (χ4v) is 4.23. The van der Waals surface area contributed by atoms with Gasteiger partial charge in [0.1, 0.15) is 11.9 Å². The molecule has 3 fully saturated rings. The van der Waals surface area contributed by atoms with Crippen molar-refractivity contribution in [2.75, 3.05) is 49.1 Å². The fraction of sp³-hybridized carbons (Fsp3) is 0.526. The third-order valence-electron chi connectivity index (χ3n) is 5.65. The van der Waals surface area contributed by atoms with Gasteiger partial charge in [-0.3, -0.25) is 14.6 Å². The summed E-state index contributed by atoms with van der Waals surface area (Å²) in [7, 11) is 0. The third-order valence-corrected chi connectivity index (χ3v) is 5.65. The summed E-state index contributed by atoms with van der Waals surface area (Å²) in [5, 5.41) is 11.5. The molecule has 4 rings (SSSR count). The molecule has 3 unspecified atom stereocenters. The zero-order valence-electron chi connectivity index (χ0n) is 15.6. The van der Waals surface area contributed by atoms with Gasteiger partial charge in [-0.2, -0.15) is 5.26 Å². The topological polar surface area (TPSA) is 88.9 Å². The largest absolute Gasteiger partial charge is 0.442 e. The number of rotatable bonds is 5. The smallest absolute Gasteiger partial charge is 0.414 e. The maximum absolute atomic E-state index is 14.8. The molecule has 1 N–H and O–H groups in total. The minimum absolute atomic E-state index is 0.196. The lowest BCUT2D eigenvalue weighted by Crippen LogP contribution is -2.55. The maximum atomic E-state index is 14.8. The Morgan fingerprint density at radius 1 is 1.36 bits per heavy atom. The number of anilines is 2. The number of benzene rings is 1. The van der Waals surface area contributed by atoms with Crippen molar-refractivity contribution in [2.45, 2.75) is 19.1 Å². The number of ether oxygens (including phenoxy) is 1. The van der Waals surface area contributed by atoms with Crippen LogP contribution in [0.15, 0.2) is 18.2 Å². The predicted molar refractivity (Wildman–Crippen MR) is 99.4 cm³/mol. The van der Waals surface area contributed by atoms with Gasteiger partial charge < -0.3 is 15.0 Å². The molecule has 1 aromatic carbocycles. The lowest BCUT2D eigenvalue weighted by atomic mass is 9.92. The van der Waals surface area contributed by atoms with Crippen molar-refractivity contribution in [1.29, 1.82) is 5.26 Å². The van der Waals surface area contributed by atoms with E-state index in [0.717, 1.165) is 13.1 Å². The number of carbonyl (C=O) groups is 2. The third kappa shape index (κ3) is 3.36. The molecular weight excluding hydrogens is 365 g/mol. The Morgan fingerprint density at radius 2 is 2.18 bits per heavy atom. The van der Waals surface area contributed by atoms with Gasteiger partial charge in [0, 0.05) is 38.5 Å². The molecule has 0 aromatic heterocycles. The van der Waals surface area contributed by atoms with Gasteiger partial charge in [-0.15, -0.1) is 0 Å². The number of halogens is 1. The van der Waals surface area contributed by atoms with Gasteiger partial charge in [0.15, 0.2) is 0 Å². The van der Waals surface area contributed by atoms with E-state index in [-0.39, 0.29) is 24.8 Å². The molecule has 0 spiro atoms. The summed E-state index contributed by atoms with van der Waals surface area (Å²) < 4.78 is 20.0. The number of likely N-dealkylation sites (tertiary alicyclic amines) is 1. The van der Waals surface area contributed by atoms with E-state index >= 15 is 0 Å². The number of amides is 2. The van der Waals surface area contributed by atoms with Crippen LogP contribution >= 0.6 is 0 Å². The molecule has 2 amide bonds. The molecule has 3 heterocycles. The van der Waals surface area contributed by atoms with Crippen LogP contribution in [0.25, 0.3) is 0 Å². The minimum atomic E-state index is -0.547. The number of hydrogen-bond acceptors (Lipinski definition) is 6. The summed E-state index contributed by atoms with van der Waals surface area (Å²) in [4.78, 5) is 28.6. The van der Waals surface area contributed by atoms with Crippen molar-refractivity contribution in [1.82, 2.24) is 10.2 Å². The van der Waals surface area contributed by atoms with Crippen molar-refractivity contribution in [2.24, 2.45) is 5.92 Å². The quantitative estimate of drug-likeness (QED) is 0.757. The standard InChI is InChI=1S/C19H22FN5O3/c1-12(26)22-7-15-10-25(19(27)28-15)14-2-3-17(16(20)6-14)24-9-13-8-23(5-4-21)18(13)11-24/h2-3,6,13,15,18H,5,7-11H2,1H3,(H,22,26). The first-order valence-electron chi connectivity index (χ1n) is 9.34. The molecule has 148 valence electrons. The molecule has 9 heteroatoms. The van der Waals surface area contributed by atoms with E-state index in [2.05, 4.69) is 16.3 Å². The maximum Gasteiger partial charge on any atom is 0.414 e. The highest BCUT2D eigenvalue weighted by Gasteiger charge is 2.45. The number of fused-ring (bicyclic) bond motifs is 1. The van der Waals surface area contributed by atoms with Crippen molar-refractivity contribution < 1.29 is 18.7 Å². The molecule has 0 radical (unpaired) electrons. The monoisotopic (exact) mass is 387 g/mol. The Kier molecular flexibility index (Phi) is 4.81. The summed E-state index contributed by atoms with van der Waals surface area (Å²) >= 11 is 0. The van der Waals surface area contributed by atoms with Crippen LogP contribution in [0, 0.1) is 23.1 Å². The molecule has 3 aliphatic heterocycles. The van der Waals surface area contributed by atoms with Crippen LogP contribution in [0.5, 0.6) is 0 Å². The molecule has 0 bridgehead atoms. The van der Waals surface area contributed by atoms with E-state index in [1.807, 2.05) is 4.90 Å². The predicted octanol–water partition coefficient (Wildman–Crippen LogP) is 0.931. The van der Waals surface area contributed by atoms with Crippen LogP contribution in [0.1, 0.15) is 6.92 Å². The molecule has 28 heavy (non-hydrogen) atoms. The van der Waals surface area contributed by atoms with Gasteiger partial charge in [-0.05, 0) is 18.2 Å². The van der Waals surface area contributed by atoms with E-state index in [0.29, 0.717) is 36.4 Å². The molecule has 0 saturated carbocycles. The average molecular weight is 387 g/mol. The van der Waals surface area contributed by atoms with Crippen molar-refractivity contribution in [3.05, 3.63) is 24.0 Å². The number of hydrogen-bond donors (Lipinski definition) is 1. The zero-order valence-corrected chi connectivity index (χ0v) is 15.6. The van der Waals surface area contributed by atoms with Crippen LogP contribution in [-0.2, 0) is 9.53 Å². The second-order valence-electron chi connectivity index (χ2n) is 7.51. The summed E-state index contributed by atoms with van der Waals surface area (Å²) in [5.74, 6) is -0.114. The number of carbonyl (C=O) groups excluding carboxylic acids is 2. The van der Waals surface area contributed by atoms with Gasteiger partial charge in [0.05, 0.1) is 37.1 Å². The van der Waals surface area contributed by atoms with Crippen molar-refractivity contribution in [3.63, 3.8) is 0 Å². The summed E-state index contributed by atoms with van der Waals surface area (Å²) in [6.45, 7) is 4.65. The molecule has 3 atom stereocenters. The van der Waals surface area contributed by atoms with Crippen LogP contribution in [0.3, 0.4) is 0 Å². The van der Waals surface area contributed by atoms with Gasteiger partial charge >= 0.3 is 6.09 Å². The first-order chi connectivity index (χ1) is 13.5. The van der Waals surface area contributed by atoms with E-state index in [1.54, 1.807) is 12.1 Å². The van der Waals surface area contributed by atoms with Gasteiger partial charge in [-0.25, -0.2) is 9.18 Å². The summed E-state index contributed by atoms with van der Waals surface area (Å²) in [6, 6.07) is 7.24. The number of nitrogens with zero attached hydrogens (tertiary/aromatic N) is 4. The number of nitriles is 1. The Balaban J connectivity index is 1.42. The van der Waals surface area contributed by atoms with Crippen molar-refractivity contribution >= 4 is 23.4 Å². The van der Waals surface area contributed by atoms with Crippen LogP contribution in [0.4, 0.5) is 20.6 Å². The Labute approximate surface area is 162 Å². The normalized spacial score (nSPS) is 26.5. The highest BCUT2D eigenvalue weighted by atomic mass is 19.1. The zero-order chi connectivity index (χ0) is 19.8. The van der Waals surface area contributed by atoms with Gasteiger partial charge in [-0.1, -0.05) is 0 Å². The lowest BCUT2D eigenvalue weighted by Gasteiger charge is -2.41. The second-order valence-corrected chi connectivity index (χ2v) is 7.51. The molecule has 1 aromatic rings. The molecule has 8 nitrogen and oxygen atoms in total. The Morgan fingerprint density at radius 3 is 2.89 bits per heavy atom. The van der Waals surface area contributed by atoms with Crippen LogP contribution in [0.2, 0.25) is 0 Å². The molecular formula is C19H22FN5O3. The highest BCUT2D eigenvalue weighted by molar-refractivity contribution is 5.90. The number of cyclic esters (lactones) is 1. The molecule has 3 aliphatic rings. The van der Waals surface area contributed by atoms with E-state index in [1.165, 1.54) is 17.9 Å². The van der Waals surface area contributed by atoms with Gasteiger partial charge in [0.2, 0.25) is 5.91 Å². The first-order valence-corrected chi connectivity index (χ1v) is 9.34. The van der Waals surface area contributed by atoms with E-state index in [4.69, 9.17) is 10.00 Å². The van der Waals surface area contributed by atoms with Gasteiger partial charge in [0.25, 0.3) is 0 Å². The Hall–Kier alpha value is -2.86. The van der Waals surface area contributed by atoms with E-state index in [9.17, 15) is 14.0 Å². The first kappa shape index (κ1) is 18.5. The molecule has 3 saturated heterocycles. The lowest BCUT2D eigenvalue weighted by molar-refractivity contribution is -0.119. The average Bonchev–Trinajstić information content (AvgIpc) is 3.18. The highest BCUT2D eigenvalue weighted by Crippen LogP contribution is 2.36. The minimum Gasteiger partial charge on any atom is -0.442 e. The Bertz CT molecular complexity index is 841. The number of nitrogens with one attached hydrogen (secondary N) is 1. The second kappa shape index (κ2) is 7.28. The van der Waals surface area contributed by atoms with E-state index < -0.39 is 12.2 Å². The SMILES string of the molecule is CC(=O)NCC1CN(c2ccc(N3CC4CN(CC#N)C4C3)c(F)c2)C(=O)O1. The van der Waals surface area contributed by atoms with Crippen LogP contribution in [-0.4, -0.2) is 68.3 Å².